The number of amidine groups is 1. The SMILES string of the molecule is COc1cc2c(cc1OC)NC(=N)C2. The van der Waals surface area contributed by atoms with Crippen molar-refractivity contribution in [1.29, 1.82) is 5.41 Å². The molecule has 4 nitrogen and oxygen atoms in total. The summed E-state index contributed by atoms with van der Waals surface area (Å²) < 4.78 is 10.3. The second-order valence-corrected chi connectivity index (χ2v) is 3.14. The number of rotatable bonds is 2. The number of hydrogen-bond acceptors (Lipinski definition) is 3. The van der Waals surface area contributed by atoms with Crippen LogP contribution in [-0.4, -0.2) is 20.1 Å². The quantitative estimate of drug-likeness (QED) is 0.749. The Labute approximate surface area is 82.3 Å². The van der Waals surface area contributed by atoms with E-state index in [0.717, 1.165) is 11.3 Å². The molecule has 0 bridgehead atoms. The molecule has 0 saturated carbocycles. The second kappa shape index (κ2) is 3.21. The summed E-state index contributed by atoms with van der Waals surface area (Å²) in [6, 6.07) is 3.76. The maximum Gasteiger partial charge on any atom is 0.162 e. The van der Waals surface area contributed by atoms with Gasteiger partial charge < -0.3 is 14.8 Å². The van der Waals surface area contributed by atoms with Crippen LogP contribution in [0.5, 0.6) is 11.5 Å². The molecule has 0 amide bonds. The lowest BCUT2D eigenvalue weighted by Crippen LogP contribution is -2.02. The van der Waals surface area contributed by atoms with Gasteiger partial charge in [0.15, 0.2) is 11.5 Å². The van der Waals surface area contributed by atoms with Gasteiger partial charge in [-0.05, 0) is 11.6 Å². The van der Waals surface area contributed by atoms with E-state index in [0.29, 0.717) is 23.8 Å². The standard InChI is InChI=1S/C10H12N2O2/c1-13-8-3-6-4-10(11)12-7(6)5-9(8)14-2/h3,5H,4H2,1-2H3,(H2,11,12). The average Bonchev–Trinajstić information content (AvgIpc) is 2.54. The van der Waals surface area contributed by atoms with Crippen molar-refractivity contribution in [1.82, 2.24) is 0 Å². The maximum atomic E-state index is 7.50. The highest BCUT2D eigenvalue weighted by Crippen LogP contribution is 2.35. The lowest BCUT2D eigenvalue weighted by atomic mass is 10.1. The molecule has 1 aliphatic rings. The second-order valence-electron chi connectivity index (χ2n) is 3.14. The lowest BCUT2D eigenvalue weighted by Gasteiger charge is -2.09. The summed E-state index contributed by atoms with van der Waals surface area (Å²) in [6.07, 6.45) is 0.635. The molecule has 2 N–H and O–H groups in total. The first-order valence-electron chi connectivity index (χ1n) is 4.34. The van der Waals surface area contributed by atoms with Crippen LogP contribution in [0.25, 0.3) is 0 Å². The number of ether oxygens (including phenoxy) is 2. The normalized spacial score (nSPS) is 13.4. The Balaban J connectivity index is 2.48. The van der Waals surface area contributed by atoms with Crippen LogP contribution in [0, 0.1) is 5.41 Å². The third-order valence-corrected chi connectivity index (χ3v) is 2.26. The number of nitrogens with one attached hydrogen (secondary N) is 2. The van der Waals surface area contributed by atoms with E-state index in [9.17, 15) is 0 Å². The van der Waals surface area contributed by atoms with Crippen molar-refractivity contribution in [2.24, 2.45) is 0 Å². The molecule has 0 saturated heterocycles. The molecule has 0 aliphatic carbocycles. The molecule has 2 rings (SSSR count). The van der Waals surface area contributed by atoms with Crippen molar-refractivity contribution in [2.45, 2.75) is 6.42 Å². The summed E-state index contributed by atoms with van der Waals surface area (Å²) >= 11 is 0. The third-order valence-electron chi connectivity index (χ3n) is 2.26. The number of anilines is 1. The van der Waals surface area contributed by atoms with Crippen LogP contribution >= 0.6 is 0 Å². The van der Waals surface area contributed by atoms with Crippen LogP contribution < -0.4 is 14.8 Å². The molecule has 1 aromatic rings. The Morgan fingerprint density at radius 1 is 1.21 bits per heavy atom. The van der Waals surface area contributed by atoms with Gasteiger partial charge in [-0.1, -0.05) is 0 Å². The van der Waals surface area contributed by atoms with Crippen LogP contribution in [0.2, 0.25) is 0 Å². The Bertz CT molecular complexity index is 353. The molecule has 0 radical (unpaired) electrons. The Kier molecular flexibility index (Phi) is 2.04. The minimum absolute atomic E-state index is 0.510. The van der Waals surface area contributed by atoms with E-state index in [1.807, 2.05) is 12.1 Å². The zero-order chi connectivity index (χ0) is 10.1. The first-order chi connectivity index (χ1) is 6.74. The van der Waals surface area contributed by atoms with E-state index < -0.39 is 0 Å². The summed E-state index contributed by atoms with van der Waals surface area (Å²) in [5.41, 5.74) is 2.01. The van der Waals surface area contributed by atoms with Gasteiger partial charge in [-0.3, -0.25) is 5.41 Å². The first-order valence-corrected chi connectivity index (χ1v) is 4.34. The van der Waals surface area contributed by atoms with Crippen molar-refractivity contribution in [2.75, 3.05) is 19.5 Å². The van der Waals surface area contributed by atoms with Gasteiger partial charge in [0.25, 0.3) is 0 Å². The average molecular weight is 192 g/mol. The first kappa shape index (κ1) is 8.87. The van der Waals surface area contributed by atoms with E-state index in [4.69, 9.17) is 14.9 Å². The predicted molar refractivity (Wildman–Crippen MR) is 54.6 cm³/mol. The van der Waals surface area contributed by atoms with Crippen molar-refractivity contribution < 1.29 is 9.47 Å². The summed E-state index contributed by atoms with van der Waals surface area (Å²) in [7, 11) is 3.21. The van der Waals surface area contributed by atoms with E-state index in [-0.39, 0.29) is 0 Å². The minimum atomic E-state index is 0.510. The van der Waals surface area contributed by atoms with Crippen LogP contribution in [0.3, 0.4) is 0 Å². The monoisotopic (exact) mass is 192 g/mol. The number of hydrogen-bond donors (Lipinski definition) is 2. The van der Waals surface area contributed by atoms with Gasteiger partial charge in [-0.2, -0.15) is 0 Å². The van der Waals surface area contributed by atoms with Gasteiger partial charge in [-0.25, -0.2) is 0 Å². The maximum absolute atomic E-state index is 7.50. The zero-order valence-corrected chi connectivity index (χ0v) is 8.18. The molecule has 1 aromatic carbocycles. The summed E-state index contributed by atoms with van der Waals surface area (Å²) in [4.78, 5) is 0. The molecule has 0 aromatic heterocycles. The van der Waals surface area contributed by atoms with Crippen molar-refractivity contribution >= 4 is 11.5 Å². The van der Waals surface area contributed by atoms with Gasteiger partial charge in [-0.15, -0.1) is 0 Å². The van der Waals surface area contributed by atoms with Gasteiger partial charge in [0, 0.05) is 18.2 Å². The van der Waals surface area contributed by atoms with E-state index >= 15 is 0 Å². The molecule has 1 aliphatic heterocycles. The van der Waals surface area contributed by atoms with E-state index in [2.05, 4.69) is 5.32 Å². The van der Waals surface area contributed by atoms with Gasteiger partial charge >= 0.3 is 0 Å². The Hall–Kier alpha value is -1.71. The summed E-state index contributed by atoms with van der Waals surface area (Å²) in [5.74, 6) is 1.91. The molecule has 1 heterocycles. The fourth-order valence-corrected chi connectivity index (χ4v) is 1.58. The van der Waals surface area contributed by atoms with Crippen LogP contribution in [-0.2, 0) is 6.42 Å². The van der Waals surface area contributed by atoms with Gasteiger partial charge in [0.1, 0.15) is 5.84 Å². The van der Waals surface area contributed by atoms with Crippen molar-refractivity contribution in [3.05, 3.63) is 17.7 Å². The number of methoxy groups -OCH3 is 2. The topological polar surface area (TPSA) is 54.3 Å². The smallest absolute Gasteiger partial charge is 0.162 e. The lowest BCUT2D eigenvalue weighted by molar-refractivity contribution is 0.355. The molecule has 14 heavy (non-hydrogen) atoms. The van der Waals surface area contributed by atoms with Crippen LogP contribution in [0.15, 0.2) is 12.1 Å². The summed E-state index contributed by atoms with van der Waals surface area (Å²) in [5, 5.41) is 10.5. The Morgan fingerprint density at radius 3 is 2.50 bits per heavy atom. The summed E-state index contributed by atoms with van der Waals surface area (Å²) in [6.45, 7) is 0. The zero-order valence-electron chi connectivity index (χ0n) is 8.18. The fourth-order valence-electron chi connectivity index (χ4n) is 1.58. The van der Waals surface area contributed by atoms with E-state index in [1.54, 1.807) is 14.2 Å². The van der Waals surface area contributed by atoms with Crippen LogP contribution in [0.1, 0.15) is 5.56 Å². The third kappa shape index (κ3) is 1.28. The highest BCUT2D eigenvalue weighted by atomic mass is 16.5. The number of benzene rings is 1. The molecule has 4 heteroatoms. The van der Waals surface area contributed by atoms with Crippen LogP contribution in [0.4, 0.5) is 5.69 Å². The highest BCUT2D eigenvalue weighted by Gasteiger charge is 2.18. The predicted octanol–water partition coefficient (Wildman–Crippen LogP) is 1.65. The molecule has 0 unspecified atom stereocenters. The minimum Gasteiger partial charge on any atom is -0.493 e. The molecule has 74 valence electrons. The fraction of sp³-hybridized carbons (Fsp3) is 0.300. The molecule has 0 fully saturated rings. The molecular formula is C10H12N2O2. The highest BCUT2D eigenvalue weighted by molar-refractivity contribution is 6.01. The largest absolute Gasteiger partial charge is 0.493 e. The molecule has 0 atom stereocenters. The van der Waals surface area contributed by atoms with Crippen molar-refractivity contribution in [3.8, 4) is 11.5 Å². The van der Waals surface area contributed by atoms with Crippen molar-refractivity contribution in [3.63, 3.8) is 0 Å². The van der Waals surface area contributed by atoms with Gasteiger partial charge in [0.05, 0.1) is 14.2 Å². The molecular weight excluding hydrogens is 180 g/mol. The number of fused-ring (bicyclic) bond motifs is 1. The molecule has 0 spiro atoms. The van der Waals surface area contributed by atoms with Gasteiger partial charge in [0.2, 0.25) is 0 Å². The Morgan fingerprint density at radius 2 is 1.86 bits per heavy atom. The van der Waals surface area contributed by atoms with E-state index in [1.165, 1.54) is 0 Å².